The number of hydrogen-bond donors (Lipinski definition) is 2. The number of carbonyl (C=O) groups is 1. The highest BCUT2D eigenvalue weighted by Crippen LogP contribution is 2.26. The monoisotopic (exact) mass is 305 g/mol. The second-order valence-electron chi connectivity index (χ2n) is 3.83. The van der Waals surface area contributed by atoms with Crippen LogP contribution >= 0.6 is 12.2 Å². The van der Waals surface area contributed by atoms with Crippen LogP contribution in [0.25, 0.3) is 0 Å². The van der Waals surface area contributed by atoms with E-state index in [1.165, 1.54) is 12.1 Å². The number of aromatic nitrogens is 2. The lowest BCUT2D eigenvalue weighted by Crippen LogP contribution is -2.15. The fourth-order valence-electron chi connectivity index (χ4n) is 1.53. The molecule has 0 aliphatic rings. The second-order valence-corrected chi connectivity index (χ2v) is 4.07. The maximum Gasteiger partial charge on any atom is 0.256 e. The summed E-state index contributed by atoms with van der Waals surface area (Å²) in [4.78, 5) is 30.3. The summed E-state index contributed by atoms with van der Waals surface area (Å²) in [6.07, 6.45) is 0. The molecule has 21 heavy (non-hydrogen) atoms. The first-order valence-electron chi connectivity index (χ1n) is 5.58. The van der Waals surface area contributed by atoms with Gasteiger partial charge in [0.2, 0.25) is 5.95 Å². The molecule has 2 rings (SSSR count). The lowest BCUT2D eigenvalue weighted by atomic mass is 10.2. The van der Waals surface area contributed by atoms with Crippen LogP contribution in [0.4, 0.5) is 21.8 Å². The van der Waals surface area contributed by atoms with Gasteiger partial charge in [0.1, 0.15) is 11.5 Å². The number of rotatable bonds is 4. The number of halogens is 1. The molecule has 0 atom stereocenters. The largest absolute Gasteiger partial charge is 0.368 e. The predicted octanol–water partition coefficient (Wildman–Crippen LogP) is 2.20. The van der Waals surface area contributed by atoms with Crippen molar-refractivity contribution in [3.05, 3.63) is 46.2 Å². The average molecular weight is 305 g/mol. The number of amides is 1. The maximum absolute atomic E-state index is 12.8. The van der Waals surface area contributed by atoms with Gasteiger partial charge in [0.15, 0.2) is 11.5 Å². The van der Waals surface area contributed by atoms with Crippen molar-refractivity contribution in [1.82, 2.24) is 9.97 Å². The van der Waals surface area contributed by atoms with Gasteiger partial charge in [-0.15, -0.1) is 4.91 Å². The highest BCUT2D eigenvalue weighted by atomic mass is 32.1. The SMILES string of the molecule is Nc1nc(C=S)c(N=O)c(NC(=O)c2ccc(F)cc2)n1. The standard InChI is InChI=1S/C12H8FN5O2S/c13-7-3-1-6(2-4-7)11(19)16-10-9(18-20)8(5-21)15-12(14)17-10/h1-5H,(H3,14,15,16,17,19). The summed E-state index contributed by atoms with van der Waals surface area (Å²) in [6.45, 7) is 0. The van der Waals surface area contributed by atoms with Gasteiger partial charge >= 0.3 is 0 Å². The molecule has 0 unspecified atom stereocenters. The minimum Gasteiger partial charge on any atom is -0.368 e. The quantitative estimate of drug-likeness (QED) is 0.661. The summed E-state index contributed by atoms with van der Waals surface area (Å²) in [5.41, 5.74) is 5.44. The lowest BCUT2D eigenvalue weighted by molar-refractivity contribution is 0.102. The molecule has 0 spiro atoms. The molecule has 106 valence electrons. The molecule has 9 heteroatoms. The van der Waals surface area contributed by atoms with E-state index in [-0.39, 0.29) is 28.7 Å². The summed E-state index contributed by atoms with van der Waals surface area (Å²) in [7, 11) is 0. The van der Waals surface area contributed by atoms with Gasteiger partial charge in [0.25, 0.3) is 5.91 Å². The number of benzene rings is 1. The fraction of sp³-hybridized carbons (Fsp3) is 0. The van der Waals surface area contributed by atoms with E-state index in [0.29, 0.717) is 0 Å². The highest BCUT2D eigenvalue weighted by Gasteiger charge is 2.16. The molecule has 0 bridgehead atoms. The smallest absolute Gasteiger partial charge is 0.256 e. The normalized spacial score (nSPS) is 9.95. The molecule has 2 aromatic rings. The van der Waals surface area contributed by atoms with Crippen molar-refractivity contribution in [2.24, 2.45) is 5.18 Å². The molecular weight excluding hydrogens is 297 g/mol. The van der Waals surface area contributed by atoms with Crippen LogP contribution in [0.5, 0.6) is 0 Å². The van der Waals surface area contributed by atoms with E-state index in [9.17, 15) is 14.1 Å². The minimum absolute atomic E-state index is 0.0295. The van der Waals surface area contributed by atoms with Gasteiger partial charge in [-0.2, -0.15) is 4.98 Å². The van der Waals surface area contributed by atoms with Crippen LogP contribution in [0.1, 0.15) is 16.1 Å². The Hall–Kier alpha value is -2.81. The van der Waals surface area contributed by atoms with E-state index >= 15 is 0 Å². The Morgan fingerprint density at radius 3 is 2.57 bits per heavy atom. The predicted molar refractivity (Wildman–Crippen MR) is 79.0 cm³/mol. The van der Waals surface area contributed by atoms with Crippen LogP contribution in [0.3, 0.4) is 0 Å². The van der Waals surface area contributed by atoms with Gasteiger partial charge in [-0.3, -0.25) is 4.79 Å². The second kappa shape index (κ2) is 6.09. The zero-order valence-electron chi connectivity index (χ0n) is 10.4. The van der Waals surface area contributed by atoms with Crippen molar-refractivity contribution in [2.45, 2.75) is 0 Å². The third-order valence-corrected chi connectivity index (χ3v) is 2.69. The molecule has 1 amide bonds. The van der Waals surface area contributed by atoms with Gasteiger partial charge in [-0.1, -0.05) is 12.2 Å². The van der Waals surface area contributed by atoms with Crippen LogP contribution in [-0.4, -0.2) is 21.2 Å². The lowest BCUT2D eigenvalue weighted by Gasteiger charge is -2.08. The summed E-state index contributed by atoms with van der Waals surface area (Å²) in [5, 5.41) is 6.20. The Labute approximate surface area is 123 Å². The zero-order chi connectivity index (χ0) is 15.4. The molecular formula is C12H8FN5O2S. The molecule has 7 nitrogen and oxygen atoms in total. The third-order valence-electron chi connectivity index (χ3n) is 2.47. The summed E-state index contributed by atoms with van der Waals surface area (Å²) >= 11 is 4.69. The molecule has 3 N–H and O–H groups in total. The van der Waals surface area contributed by atoms with Crippen molar-refractivity contribution >= 4 is 40.9 Å². The van der Waals surface area contributed by atoms with Gasteiger partial charge in [0.05, 0.1) is 0 Å². The van der Waals surface area contributed by atoms with Gasteiger partial charge in [-0.05, 0) is 29.4 Å². The molecule has 0 radical (unpaired) electrons. The maximum atomic E-state index is 12.8. The first-order valence-corrected chi connectivity index (χ1v) is 6.05. The van der Waals surface area contributed by atoms with E-state index in [4.69, 9.17) is 5.73 Å². The van der Waals surface area contributed by atoms with Crippen LogP contribution in [-0.2, 0) is 0 Å². The number of nitrogens with one attached hydrogen (secondary N) is 1. The van der Waals surface area contributed by atoms with Gasteiger partial charge in [-0.25, -0.2) is 9.37 Å². The summed E-state index contributed by atoms with van der Waals surface area (Å²) < 4.78 is 12.8. The number of nitrogens with zero attached hydrogens (tertiary/aromatic N) is 3. The molecule has 0 saturated carbocycles. The first-order chi connectivity index (χ1) is 10.0. The van der Waals surface area contributed by atoms with Gasteiger partial charge < -0.3 is 11.1 Å². The number of nitrogens with two attached hydrogens (primary N) is 1. The minimum atomic E-state index is -0.603. The van der Waals surface area contributed by atoms with Crippen LogP contribution in [0.15, 0.2) is 29.4 Å². The Bertz CT molecular complexity index is 720. The number of thiocarbonyl (C=S) groups is 1. The molecule has 1 aromatic carbocycles. The van der Waals surface area contributed by atoms with Crippen LogP contribution < -0.4 is 11.1 Å². The van der Waals surface area contributed by atoms with E-state index in [0.717, 1.165) is 17.5 Å². The van der Waals surface area contributed by atoms with Crippen LogP contribution in [0, 0.1) is 10.7 Å². The molecule has 1 heterocycles. The van der Waals surface area contributed by atoms with Gasteiger partial charge in [0, 0.05) is 10.9 Å². The Morgan fingerprint density at radius 1 is 1.33 bits per heavy atom. The van der Waals surface area contributed by atoms with Crippen molar-refractivity contribution < 1.29 is 9.18 Å². The van der Waals surface area contributed by atoms with E-state index < -0.39 is 11.7 Å². The average Bonchev–Trinajstić information content (AvgIpc) is 2.47. The Balaban J connectivity index is 2.36. The molecule has 1 aromatic heterocycles. The number of carbonyl (C=O) groups excluding carboxylic acids is 1. The van der Waals surface area contributed by atoms with Crippen molar-refractivity contribution in [1.29, 1.82) is 0 Å². The highest BCUT2D eigenvalue weighted by molar-refractivity contribution is 7.79. The van der Waals surface area contributed by atoms with Crippen molar-refractivity contribution in [2.75, 3.05) is 11.1 Å². The molecule has 0 aliphatic carbocycles. The van der Waals surface area contributed by atoms with E-state index in [1.807, 2.05) is 0 Å². The zero-order valence-corrected chi connectivity index (χ0v) is 11.2. The summed E-state index contributed by atoms with van der Waals surface area (Å²) in [6, 6.07) is 4.82. The van der Waals surface area contributed by atoms with Crippen LogP contribution in [0.2, 0.25) is 0 Å². The van der Waals surface area contributed by atoms with E-state index in [2.05, 4.69) is 32.7 Å². The Kier molecular flexibility index (Phi) is 4.24. The third kappa shape index (κ3) is 3.20. The number of nitrogen functional groups attached to an aromatic ring is 1. The first kappa shape index (κ1) is 14.6. The topological polar surface area (TPSA) is 110 Å². The van der Waals surface area contributed by atoms with E-state index in [1.54, 1.807) is 0 Å². The number of hydrogen-bond acceptors (Lipinski definition) is 7. The molecule has 0 saturated heterocycles. The number of nitroso groups, excluding NO2 is 1. The summed E-state index contributed by atoms with van der Waals surface area (Å²) in [5.74, 6) is -1.42. The van der Waals surface area contributed by atoms with Crippen molar-refractivity contribution in [3.8, 4) is 0 Å². The van der Waals surface area contributed by atoms with Crippen molar-refractivity contribution in [3.63, 3.8) is 0 Å². The molecule has 0 fully saturated rings. The molecule has 0 aliphatic heterocycles. The fourth-order valence-corrected chi connectivity index (χ4v) is 1.69. The number of anilines is 2. The Morgan fingerprint density at radius 2 is 2.00 bits per heavy atom.